The van der Waals surface area contributed by atoms with Crippen LogP contribution in [0.4, 0.5) is 18.9 Å². The summed E-state index contributed by atoms with van der Waals surface area (Å²) >= 11 is 0. The van der Waals surface area contributed by atoms with Gasteiger partial charge in [0, 0.05) is 31.7 Å². The van der Waals surface area contributed by atoms with Gasteiger partial charge in [-0.2, -0.15) is 13.2 Å². The summed E-state index contributed by atoms with van der Waals surface area (Å²) in [4.78, 5) is 23.6. The average Bonchev–Trinajstić information content (AvgIpc) is 2.46. The van der Waals surface area contributed by atoms with E-state index in [1.807, 2.05) is 0 Å². The second-order valence-electron chi connectivity index (χ2n) is 5.31. The van der Waals surface area contributed by atoms with E-state index in [4.69, 9.17) is 0 Å². The van der Waals surface area contributed by atoms with Gasteiger partial charge >= 0.3 is 12.1 Å². The molecule has 2 N–H and O–H groups in total. The first-order valence-electron chi connectivity index (χ1n) is 7.01. The summed E-state index contributed by atoms with van der Waals surface area (Å²) < 4.78 is 37.1. The Morgan fingerprint density at radius 1 is 1.29 bits per heavy atom. The summed E-state index contributed by atoms with van der Waals surface area (Å²) in [6.45, 7) is 2.06. The Balaban J connectivity index is 0.00000529. The summed E-state index contributed by atoms with van der Waals surface area (Å²) in [6, 6.07) is 6.38. The van der Waals surface area contributed by atoms with Crippen molar-refractivity contribution in [2.75, 3.05) is 26.0 Å². The topological polar surface area (TPSA) is 61.4 Å². The first-order chi connectivity index (χ1) is 10.6. The molecule has 1 atom stereocenters. The van der Waals surface area contributed by atoms with Crippen LogP contribution in [-0.2, 0) is 16.1 Å². The first kappa shape index (κ1) is 22.2. The number of carbonyl (C=O) groups is 2. The van der Waals surface area contributed by atoms with Crippen molar-refractivity contribution in [2.45, 2.75) is 19.6 Å². The normalized spacial score (nSPS) is 12.1. The zero-order chi connectivity index (χ0) is 17.6. The number of benzene rings is 1. The number of amides is 2. The number of hydrogen-bond donors (Lipinski definition) is 2. The van der Waals surface area contributed by atoms with Crippen LogP contribution in [0.25, 0.3) is 0 Å². The van der Waals surface area contributed by atoms with Crippen molar-refractivity contribution in [3.8, 4) is 0 Å². The molecule has 136 valence electrons. The molecule has 0 saturated heterocycles. The third kappa shape index (κ3) is 6.76. The van der Waals surface area contributed by atoms with Crippen LogP contribution in [0.2, 0.25) is 0 Å². The van der Waals surface area contributed by atoms with E-state index in [1.165, 1.54) is 0 Å². The molecule has 0 aromatic heterocycles. The standard InChI is InChI=1S/C15H20F3N3O2.ClH/c1-10(8-19-2)13(22)20-12-6-4-5-11(7-12)9-21(3)14(23)15(16,17)18;/h4-7,10,19H,8-9H2,1-3H3,(H,20,22);1H. The Morgan fingerprint density at radius 2 is 1.92 bits per heavy atom. The van der Waals surface area contributed by atoms with Gasteiger partial charge in [-0.05, 0) is 24.7 Å². The Bertz CT molecular complexity index is 567. The molecule has 0 bridgehead atoms. The highest BCUT2D eigenvalue weighted by atomic mass is 35.5. The minimum absolute atomic E-state index is 0. The van der Waals surface area contributed by atoms with Crippen molar-refractivity contribution < 1.29 is 22.8 Å². The molecular weight excluding hydrogens is 347 g/mol. The van der Waals surface area contributed by atoms with Crippen molar-refractivity contribution in [2.24, 2.45) is 5.92 Å². The van der Waals surface area contributed by atoms with Crippen LogP contribution in [0.5, 0.6) is 0 Å². The number of halogens is 4. The zero-order valence-electron chi connectivity index (χ0n) is 13.6. The van der Waals surface area contributed by atoms with Gasteiger partial charge in [0.2, 0.25) is 5.91 Å². The van der Waals surface area contributed by atoms with E-state index in [-0.39, 0.29) is 30.8 Å². The minimum Gasteiger partial charge on any atom is -0.334 e. The molecule has 1 rings (SSSR count). The lowest BCUT2D eigenvalue weighted by Gasteiger charge is -2.19. The molecule has 0 aliphatic rings. The molecule has 0 aliphatic heterocycles. The lowest BCUT2D eigenvalue weighted by Crippen LogP contribution is -2.37. The van der Waals surface area contributed by atoms with Crippen LogP contribution < -0.4 is 10.6 Å². The van der Waals surface area contributed by atoms with E-state index < -0.39 is 12.1 Å². The van der Waals surface area contributed by atoms with Gasteiger partial charge in [-0.25, -0.2) is 0 Å². The van der Waals surface area contributed by atoms with Gasteiger partial charge in [-0.1, -0.05) is 19.1 Å². The molecule has 1 aromatic rings. The SMILES string of the molecule is CNCC(C)C(=O)Nc1cccc(CN(C)C(=O)C(F)(F)F)c1.Cl. The van der Waals surface area contributed by atoms with Crippen LogP contribution in [0.3, 0.4) is 0 Å². The molecular formula is C15H21ClF3N3O2. The largest absolute Gasteiger partial charge is 0.471 e. The molecule has 0 fully saturated rings. The molecule has 2 amide bonds. The quantitative estimate of drug-likeness (QED) is 0.811. The summed E-state index contributed by atoms with van der Waals surface area (Å²) in [7, 11) is 2.81. The monoisotopic (exact) mass is 367 g/mol. The van der Waals surface area contributed by atoms with Gasteiger partial charge in [-0.15, -0.1) is 12.4 Å². The first-order valence-corrected chi connectivity index (χ1v) is 7.01. The van der Waals surface area contributed by atoms with E-state index in [0.29, 0.717) is 22.7 Å². The Hall–Kier alpha value is -1.80. The highest BCUT2D eigenvalue weighted by molar-refractivity contribution is 5.92. The summed E-state index contributed by atoms with van der Waals surface area (Å²) in [5.41, 5.74) is 0.965. The van der Waals surface area contributed by atoms with Gasteiger partial charge in [0.25, 0.3) is 0 Å². The number of anilines is 1. The van der Waals surface area contributed by atoms with Crippen LogP contribution >= 0.6 is 12.4 Å². The molecule has 0 radical (unpaired) electrons. The summed E-state index contributed by atoms with van der Waals surface area (Å²) in [5, 5.41) is 5.58. The minimum atomic E-state index is -4.90. The third-order valence-electron chi connectivity index (χ3n) is 3.16. The molecule has 1 unspecified atom stereocenters. The van der Waals surface area contributed by atoms with Crippen molar-refractivity contribution in [3.63, 3.8) is 0 Å². The second kappa shape index (κ2) is 9.48. The number of rotatable bonds is 6. The van der Waals surface area contributed by atoms with Crippen molar-refractivity contribution in [1.29, 1.82) is 0 Å². The van der Waals surface area contributed by atoms with Gasteiger partial charge in [0.15, 0.2) is 0 Å². The van der Waals surface area contributed by atoms with E-state index in [1.54, 1.807) is 38.2 Å². The maximum Gasteiger partial charge on any atom is 0.471 e. The van der Waals surface area contributed by atoms with Gasteiger partial charge in [-0.3, -0.25) is 9.59 Å². The van der Waals surface area contributed by atoms with Crippen LogP contribution in [0.15, 0.2) is 24.3 Å². The van der Waals surface area contributed by atoms with Gasteiger partial charge in [0.05, 0.1) is 0 Å². The number of carbonyl (C=O) groups excluding carboxylic acids is 2. The third-order valence-corrected chi connectivity index (χ3v) is 3.16. The Morgan fingerprint density at radius 3 is 2.46 bits per heavy atom. The van der Waals surface area contributed by atoms with E-state index in [0.717, 1.165) is 7.05 Å². The lowest BCUT2D eigenvalue weighted by atomic mass is 10.1. The van der Waals surface area contributed by atoms with E-state index in [9.17, 15) is 22.8 Å². The Kier molecular flexibility index (Phi) is 8.77. The van der Waals surface area contributed by atoms with Crippen molar-refractivity contribution >= 4 is 29.9 Å². The molecule has 5 nitrogen and oxygen atoms in total. The number of hydrogen-bond acceptors (Lipinski definition) is 3. The second-order valence-corrected chi connectivity index (χ2v) is 5.31. The van der Waals surface area contributed by atoms with Gasteiger partial charge in [0.1, 0.15) is 0 Å². The number of nitrogens with one attached hydrogen (secondary N) is 2. The van der Waals surface area contributed by atoms with Gasteiger partial charge < -0.3 is 15.5 Å². The maximum absolute atomic E-state index is 12.4. The highest BCUT2D eigenvalue weighted by Gasteiger charge is 2.41. The average molecular weight is 368 g/mol. The highest BCUT2D eigenvalue weighted by Crippen LogP contribution is 2.20. The van der Waals surface area contributed by atoms with Crippen LogP contribution in [0.1, 0.15) is 12.5 Å². The van der Waals surface area contributed by atoms with E-state index in [2.05, 4.69) is 10.6 Å². The zero-order valence-corrected chi connectivity index (χ0v) is 14.4. The van der Waals surface area contributed by atoms with Crippen molar-refractivity contribution in [1.82, 2.24) is 10.2 Å². The number of nitrogens with zero attached hydrogens (tertiary/aromatic N) is 1. The fraction of sp³-hybridized carbons (Fsp3) is 0.467. The fourth-order valence-corrected chi connectivity index (χ4v) is 1.97. The van der Waals surface area contributed by atoms with Crippen molar-refractivity contribution in [3.05, 3.63) is 29.8 Å². The molecule has 9 heteroatoms. The number of alkyl halides is 3. The molecule has 24 heavy (non-hydrogen) atoms. The predicted molar refractivity (Wildman–Crippen MR) is 87.9 cm³/mol. The lowest BCUT2D eigenvalue weighted by molar-refractivity contribution is -0.184. The molecule has 0 saturated carbocycles. The summed E-state index contributed by atoms with van der Waals surface area (Å²) in [6.07, 6.45) is -4.90. The maximum atomic E-state index is 12.4. The van der Waals surface area contributed by atoms with Crippen LogP contribution in [-0.4, -0.2) is 43.5 Å². The fourth-order valence-electron chi connectivity index (χ4n) is 1.97. The molecule has 1 aromatic carbocycles. The predicted octanol–water partition coefficient (Wildman–Crippen LogP) is 2.42. The van der Waals surface area contributed by atoms with Crippen LogP contribution in [0, 0.1) is 5.92 Å². The smallest absolute Gasteiger partial charge is 0.334 e. The Labute approximate surface area is 145 Å². The van der Waals surface area contributed by atoms with E-state index >= 15 is 0 Å². The molecule has 0 spiro atoms. The molecule has 0 heterocycles. The summed E-state index contributed by atoms with van der Waals surface area (Å²) in [5.74, 6) is -2.36. The molecule has 0 aliphatic carbocycles.